The van der Waals surface area contributed by atoms with E-state index in [-0.39, 0.29) is 0 Å². The molecular weight excluding hydrogens is 450 g/mol. The van der Waals surface area contributed by atoms with Gasteiger partial charge in [0, 0.05) is 0 Å². The number of allylic oxidation sites excluding steroid dienone is 1. The molecule has 162 valence electrons. The Kier molecular flexibility index (Phi) is 5.90. The fourth-order valence-corrected chi connectivity index (χ4v) is 1.81. The van der Waals surface area contributed by atoms with E-state index in [9.17, 15) is 79.0 Å². The van der Waals surface area contributed by atoms with Gasteiger partial charge in [0.05, 0.1) is 0 Å². The van der Waals surface area contributed by atoms with Crippen molar-refractivity contribution in [2.24, 2.45) is 5.41 Å². The van der Waals surface area contributed by atoms with Gasteiger partial charge in [0.25, 0.3) is 11.5 Å². The van der Waals surface area contributed by atoms with Crippen molar-refractivity contribution in [1.29, 1.82) is 0 Å². The predicted octanol–water partition coefficient (Wildman–Crippen LogP) is 6.64. The van der Waals surface area contributed by atoms with Crippen LogP contribution in [0.1, 0.15) is 0 Å². The maximum Gasteiger partial charge on any atom is 0.457 e. The predicted molar refractivity (Wildman–Crippen MR) is 45.8 cm³/mol. The Hall–Kier alpha value is -1.52. The smallest absolute Gasteiger partial charge is 0.195 e. The summed E-state index contributed by atoms with van der Waals surface area (Å²) in [5.74, 6) is -16.7. The van der Waals surface area contributed by atoms with Crippen molar-refractivity contribution in [3.05, 3.63) is 11.7 Å². The van der Waals surface area contributed by atoms with Crippen molar-refractivity contribution in [1.82, 2.24) is 0 Å². The van der Waals surface area contributed by atoms with Crippen LogP contribution in [0.5, 0.6) is 0 Å². The molecule has 0 aromatic rings. The minimum Gasteiger partial charge on any atom is -0.195 e. The minimum atomic E-state index is -8.66. The van der Waals surface area contributed by atoms with Crippen LogP contribution in [-0.2, 0) is 0 Å². The largest absolute Gasteiger partial charge is 0.457 e. The standard InChI is InChI=1S/C9F18/c10-2(11)1(4(12,13)8(22,23)24)3(6(16,17)18,7(19,20)21)5(14,15)9(25,26)27. The van der Waals surface area contributed by atoms with Crippen LogP contribution in [0, 0.1) is 5.41 Å². The van der Waals surface area contributed by atoms with Crippen molar-refractivity contribution in [3.63, 3.8) is 0 Å². The molecule has 0 amide bonds. The highest BCUT2D eigenvalue weighted by Gasteiger charge is 2.94. The van der Waals surface area contributed by atoms with Crippen LogP contribution in [0.2, 0.25) is 0 Å². The van der Waals surface area contributed by atoms with Gasteiger partial charge in [0.2, 0.25) is 0 Å². The normalized spacial score (nSPS) is 15.8. The Morgan fingerprint density at radius 1 is 0.407 bits per heavy atom. The lowest BCUT2D eigenvalue weighted by Crippen LogP contribution is -2.70. The summed E-state index contributed by atoms with van der Waals surface area (Å²) in [7, 11) is 0. The Balaban J connectivity index is 7.85. The molecule has 0 aliphatic rings. The molecular formula is C9F18. The summed E-state index contributed by atoms with van der Waals surface area (Å²) >= 11 is 0. The van der Waals surface area contributed by atoms with Crippen LogP contribution < -0.4 is 0 Å². The first-order chi connectivity index (χ1) is 11.3. The first-order valence-corrected chi connectivity index (χ1v) is 5.40. The van der Waals surface area contributed by atoms with Gasteiger partial charge in [-0.05, 0) is 0 Å². The molecule has 0 spiro atoms. The Morgan fingerprint density at radius 3 is 0.852 bits per heavy atom. The molecule has 0 saturated heterocycles. The van der Waals surface area contributed by atoms with Crippen LogP contribution in [0.4, 0.5) is 79.0 Å². The lowest BCUT2D eigenvalue weighted by molar-refractivity contribution is -0.443. The monoisotopic (exact) mass is 450 g/mol. The highest BCUT2D eigenvalue weighted by Crippen LogP contribution is 2.70. The van der Waals surface area contributed by atoms with Crippen LogP contribution in [0.3, 0.4) is 0 Å². The average molecular weight is 450 g/mol. The highest BCUT2D eigenvalue weighted by molar-refractivity contribution is 5.34. The number of alkyl halides is 16. The minimum absolute atomic E-state index is 5.39. The summed E-state index contributed by atoms with van der Waals surface area (Å²) in [5, 5.41) is 0. The molecule has 0 unspecified atom stereocenters. The molecule has 0 aliphatic carbocycles. The van der Waals surface area contributed by atoms with E-state index >= 15 is 0 Å². The van der Waals surface area contributed by atoms with Crippen LogP contribution in [0.25, 0.3) is 0 Å². The molecule has 0 N–H and O–H groups in total. The molecule has 0 aromatic carbocycles. The van der Waals surface area contributed by atoms with Crippen LogP contribution in [0.15, 0.2) is 11.7 Å². The average Bonchev–Trinajstić information content (AvgIpc) is 2.27. The van der Waals surface area contributed by atoms with Gasteiger partial charge in [-0.15, -0.1) is 0 Å². The Morgan fingerprint density at radius 2 is 0.704 bits per heavy atom. The Bertz CT molecular complexity index is 558. The van der Waals surface area contributed by atoms with Gasteiger partial charge in [-0.2, -0.15) is 79.0 Å². The molecule has 27 heavy (non-hydrogen) atoms. The van der Waals surface area contributed by atoms with Gasteiger partial charge in [0.1, 0.15) is 5.57 Å². The second-order valence-corrected chi connectivity index (χ2v) is 4.53. The number of hydrogen-bond donors (Lipinski definition) is 0. The van der Waals surface area contributed by atoms with Gasteiger partial charge in [0.15, 0.2) is 0 Å². The molecule has 0 fully saturated rings. The van der Waals surface area contributed by atoms with E-state index < -0.39 is 53.6 Å². The first kappa shape index (κ1) is 25.5. The van der Waals surface area contributed by atoms with Gasteiger partial charge in [-0.25, -0.2) is 0 Å². The highest BCUT2D eigenvalue weighted by atomic mass is 19.4. The fraction of sp³-hybridized carbons (Fsp3) is 0.778. The molecule has 0 nitrogen and oxygen atoms in total. The molecule has 18 heteroatoms. The molecule has 0 aromatic heterocycles. The zero-order valence-corrected chi connectivity index (χ0v) is 11.3. The molecule has 0 aliphatic heterocycles. The summed E-state index contributed by atoms with van der Waals surface area (Å²) in [6.45, 7) is 0. The number of halogens is 18. The number of rotatable bonds is 3. The maximum absolute atomic E-state index is 13.1. The lowest BCUT2D eigenvalue weighted by atomic mass is 9.70. The van der Waals surface area contributed by atoms with Crippen LogP contribution in [-0.4, -0.2) is 36.6 Å². The van der Waals surface area contributed by atoms with Crippen LogP contribution >= 0.6 is 0 Å². The molecule has 0 saturated carbocycles. The summed E-state index contributed by atoms with van der Waals surface area (Å²) in [5.41, 5.74) is -14.5. The van der Waals surface area contributed by atoms with E-state index in [2.05, 4.69) is 0 Å². The second kappa shape index (κ2) is 6.25. The third-order valence-corrected chi connectivity index (χ3v) is 2.91. The second-order valence-electron chi connectivity index (χ2n) is 4.53. The van der Waals surface area contributed by atoms with Gasteiger partial charge < -0.3 is 0 Å². The maximum atomic E-state index is 13.1. The van der Waals surface area contributed by atoms with E-state index in [1.54, 1.807) is 0 Å². The molecule has 0 bridgehead atoms. The zero-order chi connectivity index (χ0) is 22.7. The van der Waals surface area contributed by atoms with E-state index in [1.165, 1.54) is 0 Å². The van der Waals surface area contributed by atoms with E-state index in [1.807, 2.05) is 0 Å². The van der Waals surface area contributed by atoms with Gasteiger partial charge >= 0.3 is 36.6 Å². The van der Waals surface area contributed by atoms with E-state index in [4.69, 9.17) is 0 Å². The van der Waals surface area contributed by atoms with Crippen molar-refractivity contribution in [2.75, 3.05) is 0 Å². The van der Waals surface area contributed by atoms with Crippen molar-refractivity contribution >= 4 is 0 Å². The quantitative estimate of drug-likeness (QED) is 0.423. The summed E-state index contributed by atoms with van der Waals surface area (Å²) < 4.78 is 226. The third-order valence-electron chi connectivity index (χ3n) is 2.91. The SMILES string of the molecule is FC(F)=C(C(F)(F)C(F)(F)F)C(C(F)(F)F)(C(F)(F)F)C(F)(F)C(F)(F)F. The van der Waals surface area contributed by atoms with Crippen molar-refractivity contribution in [3.8, 4) is 0 Å². The zero-order valence-electron chi connectivity index (χ0n) is 11.3. The van der Waals surface area contributed by atoms with E-state index in [0.29, 0.717) is 0 Å². The van der Waals surface area contributed by atoms with E-state index in [0.717, 1.165) is 0 Å². The van der Waals surface area contributed by atoms with Crippen molar-refractivity contribution in [2.45, 2.75) is 36.6 Å². The Labute approximate surface area is 134 Å². The molecule has 0 atom stereocenters. The fourth-order valence-electron chi connectivity index (χ4n) is 1.81. The molecule has 0 rings (SSSR count). The van der Waals surface area contributed by atoms with Gasteiger partial charge in [-0.1, -0.05) is 0 Å². The number of hydrogen-bond acceptors (Lipinski definition) is 0. The molecule has 0 heterocycles. The van der Waals surface area contributed by atoms with Crippen molar-refractivity contribution < 1.29 is 79.0 Å². The lowest BCUT2D eigenvalue weighted by Gasteiger charge is -2.45. The first-order valence-electron chi connectivity index (χ1n) is 5.40. The molecule has 0 radical (unpaired) electrons. The summed E-state index contributed by atoms with van der Waals surface area (Å²) in [6.07, 6.45) is -38.3. The third kappa shape index (κ3) is 3.50. The summed E-state index contributed by atoms with van der Waals surface area (Å²) in [6, 6.07) is 0. The topological polar surface area (TPSA) is 0 Å². The van der Waals surface area contributed by atoms with Gasteiger partial charge in [-0.3, -0.25) is 0 Å². The summed E-state index contributed by atoms with van der Waals surface area (Å²) in [4.78, 5) is 0.